The first kappa shape index (κ1) is 15.6. The summed E-state index contributed by atoms with van der Waals surface area (Å²) in [5.41, 5.74) is 7.63. The second-order valence-electron chi connectivity index (χ2n) is 5.90. The highest BCUT2D eigenvalue weighted by Gasteiger charge is 2.02. The van der Waals surface area contributed by atoms with Gasteiger partial charge in [0, 0.05) is 12.7 Å². The predicted molar refractivity (Wildman–Crippen MR) is 106 cm³/mol. The molecule has 25 heavy (non-hydrogen) atoms. The summed E-state index contributed by atoms with van der Waals surface area (Å²) in [5, 5.41) is 5.15. The van der Waals surface area contributed by atoms with Crippen LogP contribution in [-0.4, -0.2) is 15.8 Å². The first-order valence-electron chi connectivity index (χ1n) is 8.13. The van der Waals surface area contributed by atoms with Gasteiger partial charge in [-0.15, -0.1) is 0 Å². The second kappa shape index (κ2) is 6.91. The van der Waals surface area contributed by atoms with E-state index in [0.717, 1.165) is 27.6 Å². The number of rotatable bonds is 5. The van der Waals surface area contributed by atoms with Gasteiger partial charge < -0.3 is 4.57 Å². The Hall–Kier alpha value is -2.92. The first-order valence-corrected chi connectivity index (χ1v) is 8.95. The Morgan fingerprint density at radius 2 is 1.92 bits per heavy atom. The number of thiazole rings is 1. The molecule has 0 spiro atoms. The number of hydrogen-bond acceptors (Lipinski definition) is 4. The molecule has 0 amide bonds. The quantitative estimate of drug-likeness (QED) is 0.412. The Balaban J connectivity index is 1.46. The van der Waals surface area contributed by atoms with Gasteiger partial charge in [-0.2, -0.15) is 5.10 Å². The number of aromatic nitrogens is 2. The van der Waals surface area contributed by atoms with Gasteiger partial charge in [-0.1, -0.05) is 53.3 Å². The van der Waals surface area contributed by atoms with Crippen LogP contribution >= 0.6 is 11.3 Å². The van der Waals surface area contributed by atoms with Crippen molar-refractivity contribution in [3.8, 4) is 0 Å². The number of anilines is 1. The van der Waals surface area contributed by atoms with E-state index in [4.69, 9.17) is 0 Å². The third kappa shape index (κ3) is 3.61. The van der Waals surface area contributed by atoms with E-state index >= 15 is 0 Å². The van der Waals surface area contributed by atoms with Gasteiger partial charge >= 0.3 is 0 Å². The van der Waals surface area contributed by atoms with Crippen LogP contribution in [0.3, 0.4) is 0 Å². The summed E-state index contributed by atoms with van der Waals surface area (Å²) < 4.78 is 3.33. The maximum Gasteiger partial charge on any atom is 0.204 e. The number of benzene rings is 2. The number of nitrogens with zero attached hydrogens (tertiary/aromatic N) is 3. The minimum absolute atomic E-state index is 0.800. The van der Waals surface area contributed by atoms with Crippen LogP contribution in [-0.2, 0) is 6.54 Å². The number of aryl methyl sites for hydroxylation is 1. The average molecular weight is 346 g/mol. The molecule has 0 aliphatic carbocycles. The molecule has 0 saturated heterocycles. The van der Waals surface area contributed by atoms with Crippen molar-refractivity contribution in [1.82, 2.24) is 9.55 Å². The van der Waals surface area contributed by atoms with Gasteiger partial charge in [0.1, 0.15) is 0 Å². The van der Waals surface area contributed by atoms with Crippen LogP contribution in [0.25, 0.3) is 10.2 Å². The maximum absolute atomic E-state index is 4.52. The van der Waals surface area contributed by atoms with E-state index < -0.39 is 0 Å². The van der Waals surface area contributed by atoms with Crippen molar-refractivity contribution in [2.75, 3.05) is 5.43 Å². The molecule has 4 nitrogen and oxygen atoms in total. The molecule has 2 aromatic carbocycles. The van der Waals surface area contributed by atoms with Crippen LogP contribution in [0.15, 0.2) is 72.0 Å². The molecule has 0 saturated carbocycles. The van der Waals surface area contributed by atoms with Gasteiger partial charge in [-0.05, 0) is 36.8 Å². The molecule has 0 aliphatic heterocycles. The molecule has 0 fully saturated rings. The average Bonchev–Trinajstić information content (AvgIpc) is 3.23. The third-order valence-electron chi connectivity index (χ3n) is 3.99. The Morgan fingerprint density at radius 3 is 2.76 bits per heavy atom. The molecule has 4 aromatic rings. The zero-order chi connectivity index (χ0) is 17.1. The van der Waals surface area contributed by atoms with Crippen molar-refractivity contribution < 1.29 is 0 Å². The highest BCUT2D eigenvalue weighted by molar-refractivity contribution is 7.22. The minimum Gasteiger partial charge on any atom is -0.342 e. The lowest BCUT2D eigenvalue weighted by molar-refractivity contribution is 0.799. The number of hydrazone groups is 1. The van der Waals surface area contributed by atoms with Crippen LogP contribution in [0.5, 0.6) is 0 Å². The fraction of sp³-hybridized carbons (Fsp3) is 0.100. The molecule has 0 unspecified atom stereocenters. The van der Waals surface area contributed by atoms with Crippen LogP contribution in [0.1, 0.15) is 16.8 Å². The molecule has 4 rings (SSSR count). The largest absolute Gasteiger partial charge is 0.342 e. The number of nitrogens with one attached hydrogen (secondary N) is 1. The lowest BCUT2D eigenvalue weighted by Gasteiger charge is -2.06. The summed E-state index contributed by atoms with van der Waals surface area (Å²) in [4.78, 5) is 4.52. The van der Waals surface area contributed by atoms with E-state index in [1.165, 1.54) is 11.1 Å². The molecule has 2 heterocycles. The zero-order valence-corrected chi connectivity index (χ0v) is 14.7. The summed E-state index contributed by atoms with van der Waals surface area (Å²) in [6, 6.07) is 20.8. The fourth-order valence-electron chi connectivity index (χ4n) is 2.65. The van der Waals surface area contributed by atoms with Crippen LogP contribution in [0.4, 0.5) is 5.13 Å². The van der Waals surface area contributed by atoms with Gasteiger partial charge in [0.25, 0.3) is 0 Å². The molecule has 0 radical (unpaired) electrons. The normalized spacial score (nSPS) is 11.4. The molecular weight excluding hydrogens is 328 g/mol. The minimum atomic E-state index is 0.800. The molecule has 1 N–H and O–H groups in total. The highest BCUT2D eigenvalue weighted by atomic mass is 32.1. The van der Waals surface area contributed by atoms with E-state index in [1.807, 2.05) is 30.5 Å². The molecule has 2 aromatic heterocycles. The summed E-state index contributed by atoms with van der Waals surface area (Å²) in [6.07, 6.45) is 3.90. The topological polar surface area (TPSA) is 42.2 Å². The van der Waals surface area contributed by atoms with Crippen molar-refractivity contribution in [2.24, 2.45) is 5.10 Å². The van der Waals surface area contributed by atoms with Crippen LogP contribution in [0, 0.1) is 6.92 Å². The number of fused-ring (bicyclic) bond motifs is 1. The standard InChI is InChI=1S/C20H18N4S/c1-15-8-10-16(11-9-15)14-24-12-4-5-17(24)13-21-23-20-22-18-6-2-3-7-19(18)25-20/h2-13H,14H2,1H3,(H,22,23). The smallest absolute Gasteiger partial charge is 0.204 e. The highest BCUT2D eigenvalue weighted by Crippen LogP contribution is 2.25. The van der Waals surface area contributed by atoms with E-state index in [0.29, 0.717) is 0 Å². The first-order chi connectivity index (χ1) is 12.3. The second-order valence-corrected chi connectivity index (χ2v) is 6.93. The SMILES string of the molecule is Cc1ccc(Cn2cccc2C=NNc2nc3ccccc3s2)cc1. The van der Waals surface area contributed by atoms with Crippen LogP contribution < -0.4 is 5.43 Å². The lowest BCUT2D eigenvalue weighted by atomic mass is 10.1. The van der Waals surface area contributed by atoms with Crippen molar-refractivity contribution >= 4 is 32.9 Å². The van der Waals surface area contributed by atoms with Crippen molar-refractivity contribution in [3.63, 3.8) is 0 Å². The number of para-hydroxylation sites is 1. The van der Waals surface area contributed by atoms with Gasteiger partial charge in [-0.25, -0.2) is 4.98 Å². The van der Waals surface area contributed by atoms with E-state index in [-0.39, 0.29) is 0 Å². The summed E-state index contributed by atoms with van der Waals surface area (Å²) >= 11 is 1.60. The van der Waals surface area contributed by atoms with E-state index in [1.54, 1.807) is 11.3 Å². The summed E-state index contributed by atoms with van der Waals surface area (Å²) in [5.74, 6) is 0. The molecule has 0 bridgehead atoms. The summed E-state index contributed by atoms with van der Waals surface area (Å²) in [6.45, 7) is 2.93. The van der Waals surface area contributed by atoms with Gasteiger partial charge in [0.2, 0.25) is 5.13 Å². The number of hydrogen-bond donors (Lipinski definition) is 1. The zero-order valence-electron chi connectivity index (χ0n) is 13.9. The molecule has 0 aliphatic rings. The third-order valence-corrected chi connectivity index (χ3v) is 4.93. The maximum atomic E-state index is 4.52. The molecule has 5 heteroatoms. The predicted octanol–water partition coefficient (Wildman–Crippen LogP) is 4.90. The Labute approximate surface area is 150 Å². The lowest BCUT2D eigenvalue weighted by Crippen LogP contribution is -2.03. The van der Waals surface area contributed by atoms with Gasteiger partial charge in [-0.3, -0.25) is 5.43 Å². The van der Waals surface area contributed by atoms with Gasteiger partial charge in [0.05, 0.1) is 22.1 Å². The Bertz CT molecular complexity index is 979. The fourth-order valence-corrected chi connectivity index (χ4v) is 3.47. The molecule has 124 valence electrons. The van der Waals surface area contributed by atoms with Gasteiger partial charge in [0.15, 0.2) is 0 Å². The molecule has 0 atom stereocenters. The monoisotopic (exact) mass is 346 g/mol. The Kier molecular flexibility index (Phi) is 4.31. The van der Waals surface area contributed by atoms with Crippen molar-refractivity contribution in [3.05, 3.63) is 83.7 Å². The van der Waals surface area contributed by atoms with Crippen LogP contribution in [0.2, 0.25) is 0 Å². The Morgan fingerprint density at radius 1 is 1.08 bits per heavy atom. The summed E-state index contributed by atoms with van der Waals surface area (Å²) in [7, 11) is 0. The van der Waals surface area contributed by atoms with Crippen molar-refractivity contribution in [2.45, 2.75) is 13.5 Å². The van der Waals surface area contributed by atoms with E-state index in [9.17, 15) is 0 Å². The van der Waals surface area contributed by atoms with Crippen molar-refractivity contribution in [1.29, 1.82) is 0 Å². The van der Waals surface area contributed by atoms with E-state index in [2.05, 4.69) is 69.6 Å². The molecular formula is C20H18N4S.